The maximum absolute atomic E-state index is 10.6. The van der Waals surface area contributed by atoms with Gasteiger partial charge in [0.1, 0.15) is 6.29 Å². The lowest BCUT2D eigenvalue weighted by atomic mass is 9.84. The second-order valence-electron chi connectivity index (χ2n) is 8.04. The fourth-order valence-corrected chi connectivity index (χ4v) is 2.73. The fraction of sp³-hybridized carbons (Fsp3) is 0.480. The molecule has 4 heteroatoms. The van der Waals surface area contributed by atoms with E-state index in [9.17, 15) is 4.79 Å². The third kappa shape index (κ3) is 11.4. The van der Waals surface area contributed by atoms with E-state index in [4.69, 9.17) is 5.21 Å². The molecule has 0 aromatic heterocycles. The van der Waals surface area contributed by atoms with Gasteiger partial charge in [0.2, 0.25) is 0 Å². The molecule has 1 aliphatic carbocycles. The summed E-state index contributed by atoms with van der Waals surface area (Å²) in [5, 5.41) is 12.2. The van der Waals surface area contributed by atoms with Crippen molar-refractivity contribution in [2.24, 2.45) is 5.41 Å². The summed E-state index contributed by atoms with van der Waals surface area (Å²) in [5.41, 5.74) is 6.01. The minimum Gasteiger partial charge on any atom is -0.392 e. The van der Waals surface area contributed by atoms with Crippen molar-refractivity contribution in [2.75, 3.05) is 7.05 Å². The van der Waals surface area contributed by atoms with Gasteiger partial charge in [0.15, 0.2) is 6.04 Å². The van der Waals surface area contributed by atoms with E-state index in [2.05, 4.69) is 51.2 Å². The average molecular weight is 402 g/mol. The Kier molecular flexibility index (Phi) is 13.7. The molecule has 0 fully saturated rings. The van der Waals surface area contributed by atoms with Crippen molar-refractivity contribution in [3.05, 3.63) is 71.0 Å². The quantitative estimate of drug-likeness (QED) is 0.237. The summed E-state index contributed by atoms with van der Waals surface area (Å²) < 4.78 is 0. The van der Waals surface area contributed by atoms with Crippen molar-refractivity contribution in [2.45, 2.75) is 66.8 Å². The molecule has 0 amide bonds. The summed E-state index contributed by atoms with van der Waals surface area (Å²) in [5.74, 6) is 0. The molecule has 1 rings (SSSR count). The normalized spacial score (nSPS) is 17.9. The zero-order valence-corrected chi connectivity index (χ0v) is 19.3. The number of aldehydes is 1. The highest BCUT2D eigenvalue weighted by atomic mass is 16.5. The first kappa shape index (κ1) is 26.8. The van der Waals surface area contributed by atoms with E-state index >= 15 is 0 Å². The van der Waals surface area contributed by atoms with Gasteiger partial charge in [-0.3, -0.25) is 4.79 Å². The lowest BCUT2D eigenvalue weighted by Gasteiger charge is -2.21. The van der Waals surface area contributed by atoms with Crippen LogP contribution >= 0.6 is 0 Å². The smallest absolute Gasteiger partial charge is 0.156 e. The van der Waals surface area contributed by atoms with E-state index in [1.165, 1.54) is 16.6 Å². The van der Waals surface area contributed by atoms with Crippen LogP contribution < -0.4 is 10.8 Å². The first-order valence-corrected chi connectivity index (χ1v) is 10.4. The van der Waals surface area contributed by atoms with Crippen LogP contribution in [0.3, 0.4) is 0 Å². The lowest BCUT2D eigenvalue weighted by molar-refractivity contribution is -0.898. The molecule has 29 heavy (non-hydrogen) atoms. The topological polar surface area (TPSA) is 65.9 Å². The number of allylic oxidation sites excluding steroid dienone is 10. The van der Waals surface area contributed by atoms with Gasteiger partial charge in [-0.15, -0.1) is 0 Å². The zero-order chi connectivity index (χ0) is 22.3. The van der Waals surface area contributed by atoms with Gasteiger partial charge >= 0.3 is 0 Å². The van der Waals surface area contributed by atoms with Gasteiger partial charge in [0, 0.05) is 12.7 Å². The highest BCUT2D eigenvalue weighted by Gasteiger charge is 2.14. The number of carbonyl (C=O) groups excluding carboxylic acids is 1. The second-order valence-corrected chi connectivity index (χ2v) is 8.04. The number of rotatable bonds is 8. The predicted molar refractivity (Wildman–Crippen MR) is 124 cm³/mol. The van der Waals surface area contributed by atoms with Crippen molar-refractivity contribution in [3.8, 4) is 0 Å². The van der Waals surface area contributed by atoms with E-state index in [1.54, 1.807) is 0 Å². The molecule has 0 saturated heterocycles. The van der Waals surface area contributed by atoms with E-state index < -0.39 is 0 Å². The third-order valence-electron chi connectivity index (χ3n) is 4.88. The minimum absolute atomic E-state index is 0.0286. The van der Waals surface area contributed by atoms with Crippen LogP contribution in [0.2, 0.25) is 0 Å². The number of nitrogens with one attached hydrogen (secondary N) is 1. The molecule has 1 unspecified atom stereocenters. The van der Waals surface area contributed by atoms with Gasteiger partial charge in [-0.1, -0.05) is 82.7 Å². The van der Waals surface area contributed by atoms with Crippen LogP contribution in [-0.2, 0) is 4.79 Å². The van der Waals surface area contributed by atoms with Crippen molar-refractivity contribution >= 4 is 6.29 Å². The number of carbonyl (C=O) groups is 1. The van der Waals surface area contributed by atoms with Gasteiger partial charge in [-0.25, -0.2) is 5.21 Å². The summed E-state index contributed by atoms with van der Waals surface area (Å²) >= 11 is 0. The maximum atomic E-state index is 10.6. The zero-order valence-electron chi connectivity index (χ0n) is 19.3. The molecule has 1 aliphatic rings. The highest BCUT2D eigenvalue weighted by molar-refractivity contribution is 5.73. The summed E-state index contributed by atoms with van der Waals surface area (Å²) in [6, 6.07) is 0.0286. The Hall–Kier alpha value is -2.17. The summed E-state index contributed by atoms with van der Waals surface area (Å²) in [6.45, 7) is 12.8. The molecule has 0 saturated carbocycles. The number of nitrogens with two attached hydrogens (primary N) is 1. The Balaban J connectivity index is 0.000000543. The molecule has 0 heterocycles. The molecule has 0 spiro atoms. The molecular formula is C25H41N2O2+. The van der Waals surface area contributed by atoms with Crippen LogP contribution in [-0.4, -0.2) is 24.6 Å². The Labute approximate surface area is 177 Å². The highest BCUT2D eigenvalue weighted by Crippen LogP contribution is 2.27. The van der Waals surface area contributed by atoms with E-state index in [0.29, 0.717) is 0 Å². The SMILES string of the molecule is CC/C(C=O)=C\C=C(/CC)C(C)(C)C.CN/C(C)=C/CC1=CC=CC=CC1[NH2+]O. The van der Waals surface area contributed by atoms with Crippen molar-refractivity contribution in [1.82, 2.24) is 5.32 Å². The van der Waals surface area contributed by atoms with Crippen LogP contribution in [0.5, 0.6) is 0 Å². The molecule has 0 aromatic carbocycles. The number of hydrogen-bond donors (Lipinski definition) is 3. The van der Waals surface area contributed by atoms with E-state index in [1.807, 2.05) is 51.3 Å². The van der Waals surface area contributed by atoms with E-state index in [0.717, 1.165) is 36.8 Å². The monoisotopic (exact) mass is 401 g/mol. The maximum Gasteiger partial charge on any atom is 0.156 e. The predicted octanol–water partition coefficient (Wildman–Crippen LogP) is 4.78. The Morgan fingerprint density at radius 1 is 1.17 bits per heavy atom. The van der Waals surface area contributed by atoms with Crippen LogP contribution in [0.1, 0.15) is 60.8 Å². The number of hydroxylamine groups is 1. The molecule has 0 aromatic rings. The molecule has 4 nitrogen and oxygen atoms in total. The largest absolute Gasteiger partial charge is 0.392 e. The Morgan fingerprint density at radius 2 is 1.86 bits per heavy atom. The van der Waals surface area contributed by atoms with Gasteiger partial charge < -0.3 is 5.32 Å². The lowest BCUT2D eigenvalue weighted by Crippen LogP contribution is -2.86. The van der Waals surface area contributed by atoms with Crippen LogP contribution in [0, 0.1) is 5.41 Å². The van der Waals surface area contributed by atoms with Crippen molar-refractivity contribution in [1.29, 1.82) is 0 Å². The molecule has 0 radical (unpaired) electrons. The number of quaternary nitrogens is 1. The third-order valence-corrected chi connectivity index (χ3v) is 4.88. The molecule has 4 N–H and O–H groups in total. The van der Waals surface area contributed by atoms with Crippen molar-refractivity contribution in [3.63, 3.8) is 0 Å². The molecule has 0 aliphatic heterocycles. The minimum atomic E-state index is 0.0286. The molecule has 1 atom stereocenters. The van der Waals surface area contributed by atoms with Gasteiger partial charge in [0.25, 0.3) is 0 Å². The van der Waals surface area contributed by atoms with Crippen LogP contribution in [0.15, 0.2) is 71.0 Å². The van der Waals surface area contributed by atoms with Crippen molar-refractivity contribution < 1.29 is 15.5 Å². The molecule has 162 valence electrons. The average Bonchev–Trinajstić information content (AvgIpc) is 2.93. The Bertz CT molecular complexity index is 671. The van der Waals surface area contributed by atoms with Gasteiger partial charge in [0.05, 0.1) is 0 Å². The first-order chi connectivity index (χ1) is 13.7. The van der Waals surface area contributed by atoms with Gasteiger partial charge in [-0.05, 0) is 48.8 Å². The first-order valence-electron chi connectivity index (χ1n) is 10.4. The van der Waals surface area contributed by atoms with Crippen LogP contribution in [0.4, 0.5) is 0 Å². The number of hydrogen-bond acceptors (Lipinski definition) is 3. The van der Waals surface area contributed by atoms with E-state index in [-0.39, 0.29) is 11.5 Å². The molecule has 0 bridgehead atoms. The van der Waals surface area contributed by atoms with Gasteiger partial charge in [-0.2, -0.15) is 5.48 Å². The molecular weight excluding hydrogens is 360 g/mol. The standard InChI is InChI=1S/C13H22O.C12H18N2O/c1-6-11(10-14)8-9-12(7-2)13(3,4)5;1-10(13-2)8-9-11-6-4-3-5-7-12(11)14-15/h8-10H,6-7H2,1-5H3;3-8,12-15H,9H2,1-2H3/p+1/b11-8+,12-9+;10-8+. The summed E-state index contributed by atoms with van der Waals surface area (Å²) in [6.07, 6.45) is 19.7. The second kappa shape index (κ2) is 14.8. The summed E-state index contributed by atoms with van der Waals surface area (Å²) in [7, 11) is 1.91. The van der Waals surface area contributed by atoms with Crippen LogP contribution in [0.25, 0.3) is 0 Å². The Morgan fingerprint density at radius 3 is 2.34 bits per heavy atom. The fourth-order valence-electron chi connectivity index (χ4n) is 2.73. The summed E-state index contributed by atoms with van der Waals surface area (Å²) in [4.78, 5) is 10.6.